The van der Waals surface area contributed by atoms with Crippen molar-refractivity contribution in [3.63, 3.8) is 0 Å². The Morgan fingerprint density at radius 3 is 1.63 bits per heavy atom. The van der Waals surface area contributed by atoms with E-state index in [4.69, 9.17) is 4.74 Å². The lowest BCUT2D eigenvalue weighted by atomic mass is 9.97. The fraction of sp³-hybridized carbons (Fsp3) is 1.00. The van der Waals surface area contributed by atoms with Crippen LogP contribution in [0.5, 0.6) is 0 Å². The van der Waals surface area contributed by atoms with E-state index in [1.807, 2.05) is 0 Å². The van der Waals surface area contributed by atoms with Gasteiger partial charge in [-0.25, -0.2) is 0 Å². The summed E-state index contributed by atoms with van der Waals surface area (Å²) < 4.78 is 6.25. The first kappa shape index (κ1) is 15.3. The molecule has 0 aliphatic carbocycles. The van der Waals surface area contributed by atoms with Gasteiger partial charge in [0.05, 0.1) is 12.2 Å². The van der Waals surface area contributed by atoms with E-state index >= 15 is 0 Å². The summed E-state index contributed by atoms with van der Waals surface area (Å²) in [4.78, 5) is 5.08. The van der Waals surface area contributed by atoms with Crippen molar-refractivity contribution in [1.29, 1.82) is 0 Å². The van der Waals surface area contributed by atoms with Gasteiger partial charge in [-0.1, -0.05) is 0 Å². The molecule has 0 atom stereocenters. The molecule has 0 aromatic rings. The molecule has 0 aromatic heterocycles. The molecule has 3 nitrogen and oxygen atoms in total. The first-order valence-electron chi connectivity index (χ1n) is 7.82. The summed E-state index contributed by atoms with van der Waals surface area (Å²) in [5.41, 5.74) is 0.611. The second-order valence-electron chi connectivity index (χ2n) is 8.19. The lowest BCUT2D eigenvalue weighted by molar-refractivity contribution is -0.132. The molecule has 0 N–H and O–H groups in total. The van der Waals surface area contributed by atoms with Crippen LogP contribution in [0.15, 0.2) is 0 Å². The lowest BCUT2D eigenvalue weighted by Crippen LogP contribution is -2.60. The van der Waals surface area contributed by atoms with Crippen LogP contribution >= 0.6 is 0 Å². The Bertz CT molecular complexity index is 289. The molecule has 0 radical (unpaired) electrons. The highest BCUT2D eigenvalue weighted by atomic mass is 16.5. The molecular formula is C16H32N2O. The van der Waals surface area contributed by atoms with Gasteiger partial charge >= 0.3 is 0 Å². The van der Waals surface area contributed by atoms with Crippen molar-refractivity contribution < 1.29 is 4.74 Å². The smallest absolute Gasteiger partial charge is 0.0832 e. The molecule has 0 saturated carbocycles. The molecule has 2 fully saturated rings. The Labute approximate surface area is 119 Å². The van der Waals surface area contributed by atoms with Gasteiger partial charge in [-0.3, -0.25) is 9.80 Å². The Morgan fingerprint density at radius 1 is 0.737 bits per heavy atom. The first-order valence-corrected chi connectivity index (χ1v) is 7.82. The van der Waals surface area contributed by atoms with Crippen molar-refractivity contribution in [2.45, 2.75) is 77.7 Å². The van der Waals surface area contributed by atoms with Crippen LogP contribution < -0.4 is 0 Å². The minimum absolute atomic E-state index is 0.301. The van der Waals surface area contributed by atoms with Crippen LogP contribution in [0.4, 0.5) is 0 Å². The summed E-state index contributed by atoms with van der Waals surface area (Å²) in [6.07, 6.45) is 3.36. The SMILES string of the molecule is CC(C)(C)N1CCC(OC2CN(C(C)(C)C)C2)CC1. The zero-order chi connectivity index (χ0) is 14.3. The van der Waals surface area contributed by atoms with Crippen molar-refractivity contribution in [2.24, 2.45) is 0 Å². The van der Waals surface area contributed by atoms with E-state index in [1.54, 1.807) is 0 Å². The summed E-state index contributed by atoms with van der Waals surface area (Å²) in [6, 6.07) is 0. The average Bonchev–Trinajstić information content (AvgIpc) is 2.20. The zero-order valence-electron chi connectivity index (χ0n) is 13.7. The highest BCUT2D eigenvalue weighted by molar-refractivity contribution is 4.91. The van der Waals surface area contributed by atoms with Crippen LogP contribution in [0.1, 0.15) is 54.4 Å². The molecule has 0 bridgehead atoms. The number of rotatable bonds is 2. The van der Waals surface area contributed by atoms with Crippen LogP contribution in [0, 0.1) is 0 Å². The van der Waals surface area contributed by atoms with Crippen LogP contribution in [0.2, 0.25) is 0 Å². The predicted molar refractivity (Wildman–Crippen MR) is 80.5 cm³/mol. The summed E-state index contributed by atoms with van der Waals surface area (Å²) in [5, 5.41) is 0. The van der Waals surface area contributed by atoms with Crippen molar-refractivity contribution in [2.75, 3.05) is 26.2 Å². The van der Waals surface area contributed by atoms with E-state index in [0.29, 0.717) is 23.3 Å². The Morgan fingerprint density at radius 2 is 1.21 bits per heavy atom. The van der Waals surface area contributed by atoms with Crippen LogP contribution in [-0.2, 0) is 4.74 Å². The maximum Gasteiger partial charge on any atom is 0.0832 e. The van der Waals surface area contributed by atoms with E-state index in [0.717, 1.165) is 13.1 Å². The van der Waals surface area contributed by atoms with Gasteiger partial charge in [0.2, 0.25) is 0 Å². The highest BCUT2D eigenvalue weighted by Gasteiger charge is 2.37. The molecule has 2 heterocycles. The first-order chi connectivity index (χ1) is 8.66. The molecule has 19 heavy (non-hydrogen) atoms. The van der Waals surface area contributed by atoms with Gasteiger partial charge < -0.3 is 4.74 Å². The van der Waals surface area contributed by atoms with E-state index in [9.17, 15) is 0 Å². The van der Waals surface area contributed by atoms with Crippen LogP contribution in [0.25, 0.3) is 0 Å². The number of hydrogen-bond acceptors (Lipinski definition) is 3. The predicted octanol–water partition coefficient (Wildman–Crippen LogP) is 2.75. The largest absolute Gasteiger partial charge is 0.372 e. The fourth-order valence-electron chi connectivity index (χ4n) is 3.01. The molecule has 0 spiro atoms. The van der Waals surface area contributed by atoms with Gasteiger partial charge in [-0.15, -0.1) is 0 Å². The minimum atomic E-state index is 0.301. The number of nitrogens with zero attached hydrogens (tertiary/aromatic N) is 2. The van der Waals surface area contributed by atoms with Crippen LogP contribution in [0.3, 0.4) is 0 Å². The molecule has 2 aliphatic rings. The topological polar surface area (TPSA) is 15.7 Å². The van der Waals surface area contributed by atoms with E-state index in [2.05, 4.69) is 51.3 Å². The number of ether oxygens (including phenoxy) is 1. The molecule has 0 aromatic carbocycles. The monoisotopic (exact) mass is 268 g/mol. The molecular weight excluding hydrogens is 236 g/mol. The van der Waals surface area contributed by atoms with E-state index in [-0.39, 0.29) is 0 Å². The van der Waals surface area contributed by atoms with Gasteiger partial charge in [0, 0.05) is 37.3 Å². The summed E-state index contributed by atoms with van der Waals surface area (Å²) in [5.74, 6) is 0. The second-order valence-corrected chi connectivity index (χ2v) is 8.19. The molecule has 112 valence electrons. The van der Waals surface area contributed by atoms with Gasteiger partial charge in [0.15, 0.2) is 0 Å². The number of hydrogen-bond donors (Lipinski definition) is 0. The third kappa shape index (κ3) is 3.93. The molecule has 2 aliphatic heterocycles. The minimum Gasteiger partial charge on any atom is -0.372 e. The van der Waals surface area contributed by atoms with E-state index in [1.165, 1.54) is 25.9 Å². The Hall–Kier alpha value is -0.120. The maximum atomic E-state index is 6.25. The van der Waals surface area contributed by atoms with Gasteiger partial charge in [0.25, 0.3) is 0 Å². The summed E-state index contributed by atoms with van der Waals surface area (Å²) >= 11 is 0. The third-order valence-corrected chi connectivity index (χ3v) is 4.57. The Kier molecular flexibility index (Phi) is 4.29. The van der Waals surface area contributed by atoms with Gasteiger partial charge in [0.1, 0.15) is 0 Å². The maximum absolute atomic E-state index is 6.25. The van der Waals surface area contributed by atoms with Gasteiger partial charge in [-0.2, -0.15) is 0 Å². The normalized spacial score (nSPS) is 25.6. The van der Waals surface area contributed by atoms with Gasteiger partial charge in [-0.05, 0) is 54.4 Å². The average molecular weight is 268 g/mol. The van der Waals surface area contributed by atoms with E-state index < -0.39 is 0 Å². The standard InChI is InChI=1S/C16H32N2O/c1-15(2,3)17-9-7-13(8-10-17)19-14-11-18(12-14)16(4,5)6/h13-14H,7-12H2,1-6H3. The van der Waals surface area contributed by atoms with Crippen molar-refractivity contribution in [3.05, 3.63) is 0 Å². The number of piperidine rings is 1. The summed E-state index contributed by atoms with van der Waals surface area (Å²) in [6.45, 7) is 18.4. The molecule has 2 rings (SSSR count). The fourth-order valence-corrected chi connectivity index (χ4v) is 3.01. The van der Waals surface area contributed by atoms with Crippen LogP contribution in [-0.4, -0.2) is 59.3 Å². The quantitative estimate of drug-likeness (QED) is 0.766. The molecule has 0 amide bonds. The Balaban J connectivity index is 1.68. The molecule has 2 saturated heterocycles. The summed E-state index contributed by atoms with van der Waals surface area (Å²) in [7, 11) is 0. The lowest BCUT2D eigenvalue weighted by Gasteiger charge is -2.49. The van der Waals surface area contributed by atoms with Crippen molar-refractivity contribution in [3.8, 4) is 0 Å². The third-order valence-electron chi connectivity index (χ3n) is 4.57. The second kappa shape index (κ2) is 5.34. The number of likely N-dealkylation sites (tertiary alicyclic amines) is 2. The molecule has 3 heteroatoms. The van der Waals surface area contributed by atoms with Crippen molar-refractivity contribution >= 4 is 0 Å². The highest BCUT2D eigenvalue weighted by Crippen LogP contribution is 2.27. The zero-order valence-corrected chi connectivity index (χ0v) is 13.7. The molecule has 0 unspecified atom stereocenters. The van der Waals surface area contributed by atoms with Crippen molar-refractivity contribution in [1.82, 2.24) is 9.80 Å².